The molecule has 15 heavy (non-hydrogen) atoms. The Kier molecular flexibility index (Phi) is 7.30. The molecular weight excluding hydrogens is 266 g/mol. The van der Waals surface area contributed by atoms with Gasteiger partial charge in [0.2, 0.25) is 0 Å². The van der Waals surface area contributed by atoms with Gasteiger partial charge in [0.15, 0.2) is 6.29 Å². The van der Waals surface area contributed by atoms with Gasteiger partial charge in [0.25, 0.3) is 0 Å². The number of carbonyl (C=O) groups is 1. The normalized spacial score (nSPS) is 13.1. The number of halogens is 3. The van der Waals surface area contributed by atoms with E-state index >= 15 is 0 Å². The van der Waals surface area contributed by atoms with Gasteiger partial charge in [0, 0.05) is 19.8 Å². The SMILES string of the molecule is COC(=O)/C(Cl)=C(/C(Cl)Cl)C(OC)OC. The highest BCUT2D eigenvalue weighted by Gasteiger charge is 2.26. The molecule has 0 bridgehead atoms. The maximum absolute atomic E-state index is 11.2. The van der Waals surface area contributed by atoms with Crippen molar-refractivity contribution in [2.45, 2.75) is 11.1 Å². The third kappa shape index (κ3) is 4.17. The summed E-state index contributed by atoms with van der Waals surface area (Å²) in [5.41, 5.74) is 0.108. The summed E-state index contributed by atoms with van der Waals surface area (Å²) in [5.74, 6) is -0.753. The minimum absolute atomic E-state index is 0.108. The summed E-state index contributed by atoms with van der Waals surface area (Å²) in [7, 11) is 3.92. The number of alkyl halides is 2. The lowest BCUT2D eigenvalue weighted by Crippen LogP contribution is -2.23. The summed E-state index contributed by atoms with van der Waals surface area (Å²) >= 11 is 17.0. The van der Waals surface area contributed by atoms with Crippen molar-refractivity contribution in [1.82, 2.24) is 0 Å². The quantitative estimate of drug-likeness (QED) is 0.334. The van der Waals surface area contributed by atoms with E-state index in [0.717, 1.165) is 0 Å². The molecule has 0 atom stereocenters. The second-order valence-corrected chi connectivity index (χ2v) is 3.84. The Labute approximate surface area is 103 Å². The maximum atomic E-state index is 11.2. The van der Waals surface area contributed by atoms with E-state index in [0.29, 0.717) is 0 Å². The van der Waals surface area contributed by atoms with Crippen LogP contribution < -0.4 is 0 Å². The molecule has 0 fully saturated rings. The van der Waals surface area contributed by atoms with E-state index in [1.54, 1.807) is 0 Å². The van der Waals surface area contributed by atoms with Crippen molar-refractivity contribution in [3.63, 3.8) is 0 Å². The molecule has 0 aromatic carbocycles. The fourth-order valence-corrected chi connectivity index (χ4v) is 1.67. The summed E-state index contributed by atoms with van der Waals surface area (Å²) in [6, 6.07) is 0. The zero-order valence-corrected chi connectivity index (χ0v) is 10.7. The molecule has 0 spiro atoms. The second kappa shape index (κ2) is 7.30. The van der Waals surface area contributed by atoms with E-state index in [1.807, 2.05) is 0 Å². The van der Waals surface area contributed by atoms with E-state index < -0.39 is 17.1 Å². The molecule has 88 valence electrons. The molecule has 0 radical (unpaired) electrons. The number of esters is 1. The van der Waals surface area contributed by atoms with Crippen molar-refractivity contribution in [3.8, 4) is 0 Å². The highest BCUT2D eigenvalue weighted by Crippen LogP contribution is 2.26. The topological polar surface area (TPSA) is 44.8 Å². The smallest absolute Gasteiger partial charge is 0.349 e. The second-order valence-electron chi connectivity index (χ2n) is 2.36. The van der Waals surface area contributed by atoms with Crippen LogP contribution in [0.5, 0.6) is 0 Å². The number of hydrogen-bond donors (Lipinski definition) is 0. The standard InChI is InChI=1S/C8H11Cl3O4/c1-13-7(12)5(9)4(6(10)11)8(14-2)15-3/h6,8H,1-3H3/b5-4+. The van der Waals surface area contributed by atoms with Gasteiger partial charge in [-0.2, -0.15) is 0 Å². The zero-order chi connectivity index (χ0) is 12.0. The number of carbonyl (C=O) groups excluding carboxylic acids is 1. The lowest BCUT2D eigenvalue weighted by atomic mass is 10.2. The molecule has 0 heterocycles. The minimum Gasteiger partial charge on any atom is -0.465 e. The number of methoxy groups -OCH3 is 3. The van der Waals surface area contributed by atoms with Gasteiger partial charge in [0.05, 0.1) is 7.11 Å². The molecular formula is C8H11Cl3O4. The van der Waals surface area contributed by atoms with Crippen LogP contribution in [-0.2, 0) is 19.0 Å². The summed E-state index contributed by atoms with van der Waals surface area (Å²) in [5, 5.41) is -0.249. The van der Waals surface area contributed by atoms with Crippen molar-refractivity contribution in [2.24, 2.45) is 0 Å². The molecule has 0 aliphatic heterocycles. The van der Waals surface area contributed by atoms with Gasteiger partial charge in [-0.05, 0) is 0 Å². The van der Waals surface area contributed by atoms with Gasteiger partial charge in [-0.15, -0.1) is 23.2 Å². The van der Waals surface area contributed by atoms with Crippen LogP contribution in [-0.4, -0.2) is 38.4 Å². The van der Waals surface area contributed by atoms with Gasteiger partial charge in [-0.25, -0.2) is 4.79 Å². The van der Waals surface area contributed by atoms with Crippen LogP contribution in [0.2, 0.25) is 0 Å². The first-order chi connectivity index (χ1) is 6.99. The van der Waals surface area contributed by atoms with Crippen molar-refractivity contribution in [3.05, 3.63) is 10.6 Å². The molecule has 0 rings (SSSR count). The van der Waals surface area contributed by atoms with Crippen LogP contribution in [0.25, 0.3) is 0 Å². The first-order valence-corrected chi connectivity index (χ1v) is 5.06. The third-order valence-corrected chi connectivity index (χ3v) is 2.38. The van der Waals surface area contributed by atoms with Gasteiger partial charge < -0.3 is 14.2 Å². The number of hydrogen-bond acceptors (Lipinski definition) is 4. The lowest BCUT2D eigenvalue weighted by Gasteiger charge is -2.19. The van der Waals surface area contributed by atoms with Gasteiger partial charge >= 0.3 is 5.97 Å². The molecule has 0 aliphatic carbocycles. The highest BCUT2D eigenvalue weighted by atomic mass is 35.5. The van der Waals surface area contributed by atoms with Crippen LogP contribution in [0.1, 0.15) is 0 Å². The summed E-state index contributed by atoms with van der Waals surface area (Å²) in [4.78, 5) is 10.1. The Morgan fingerprint density at radius 2 is 1.60 bits per heavy atom. The first-order valence-electron chi connectivity index (χ1n) is 3.81. The Morgan fingerprint density at radius 3 is 1.87 bits per heavy atom. The Hall–Kier alpha value is -0.0000000000000000416. The average Bonchev–Trinajstić information content (AvgIpc) is 2.22. The van der Waals surface area contributed by atoms with Crippen LogP contribution in [0, 0.1) is 0 Å². The largest absolute Gasteiger partial charge is 0.465 e. The molecule has 0 saturated heterocycles. The van der Waals surface area contributed by atoms with E-state index in [2.05, 4.69) is 4.74 Å². The van der Waals surface area contributed by atoms with Crippen LogP contribution in [0.15, 0.2) is 10.6 Å². The van der Waals surface area contributed by atoms with E-state index in [4.69, 9.17) is 44.3 Å². The van der Waals surface area contributed by atoms with Crippen molar-refractivity contribution in [1.29, 1.82) is 0 Å². The summed E-state index contributed by atoms with van der Waals surface area (Å²) in [6.45, 7) is 0. The fraction of sp³-hybridized carbons (Fsp3) is 0.625. The molecule has 0 N–H and O–H groups in total. The van der Waals surface area contributed by atoms with E-state index in [9.17, 15) is 4.79 Å². The Morgan fingerprint density at radius 1 is 1.13 bits per heavy atom. The molecule has 0 amide bonds. The minimum atomic E-state index is -1.03. The molecule has 0 aromatic rings. The molecule has 0 unspecified atom stereocenters. The van der Waals surface area contributed by atoms with Crippen molar-refractivity contribution < 1.29 is 19.0 Å². The molecule has 7 heteroatoms. The summed E-state index contributed by atoms with van der Waals surface area (Å²) < 4.78 is 14.2. The molecule has 0 aromatic heterocycles. The predicted molar refractivity (Wildman–Crippen MR) is 58.2 cm³/mol. The van der Waals surface area contributed by atoms with Crippen molar-refractivity contribution in [2.75, 3.05) is 21.3 Å². The predicted octanol–water partition coefficient (Wildman–Crippen LogP) is 2.07. The van der Waals surface area contributed by atoms with Crippen LogP contribution in [0.4, 0.5) is 0 Å². The molecule has 0 saturated carbocycles. The number of ether oxygens (including phenoxy) is 3. The lowest BCUT2D eigenvalue weighted by molar-refractivity contribution is -0.135. The third-order valence-electron chi connectivity index (χ3n) is 1.54. The molecule has 0 aliphatic rings. The first kappa shape index (κ1) is 15.0. The van der Waals surface area contributed by atoms with Gasteiger partial charge in [-0.1, -0.05) is 11.6 Å². The highest BCUT2D eigenvalue weighted by molar-refractivity contribution is 6.49. The Balaban J connectivity index is 5.17. The maximum Gasteiger partial charge on any atom is 0.349 e. The monoisotopic (exact) mass is 276 g/mol. The van der Waals surface area contributed by atoms with Gasteiger partial charge in [-0.3, -0.25) is 0 Å². The van der Waals surface area contributed by atoms with Crippen LogP contribution in [0.3, 0.4) is 0 Å². The zero-order valence-electron chi connectivity index (χ0n) is 8.42. The van der Waals surface area contributed by atoms with Gasteiger partial charge in [0.1, 0.15) is 9.87 Å². The number of rotatable bonds is 5. The van der Waals surface area contributed by atoms with E-state index in [-0.39, 0.29) is 10.6 Å². The van der Waals surface area contributed by atoms with E-state index in [1.165, 1.54) is 21.3 Å². The van der Waals surface area contributed by atoms with Crippen LogP contribution >= 0.6 is 34.8 Å². The summed E-state index contributed by atoms with van der Waals surface area (Å²) in [6.07, 6.45) is -0.892. The fourth-order valence-electron chi connectivity index (χ4n) is 0.860. The molecule has 4 nitrogen and oxygen atoms in total. The average molecular weight is 278 g/mol. The Bertz CT molecular complexity index is 248. The van der Waals surface area contributed by atoms with Crippen molar-refractivity contribution >= 4 is 40.8 Å².